The van der Waals surface area contributed by atoms with Crippen molar-refractivity contribution in [1.82, 2.24) is 5.32 Å². The van der Waals surface area contributed by atoms with Gasteiger partial charge in [0.2, 0.25) is 5.91 Å². The van der Waals surface area contributed by atoms with E-state index < -0.39 is 9.84 Å². The van der Waals surface area contributed by atoms with Gasteiger partial charge >= 0.3 is 0 Å². The Labute approximate surface area is 125 Å². The van der Waals surface area contributed by atoms with E-state index >= 15 is 0 Å². The first-order valence-corrected chi connectivity index (χ1v) is 9.00. The molecular weight excluding hydrogens is 286 g/mol. The molecule has 5 heteroatoms. The van der Waals surface area contributed by atoms with Crippen LogP contribution in [0.3, 0.4) is 0 Å². The second kappa shape index (κ2) is 5.64. The van der Waals surface area contributed by atoms with E-state index in [1.54, 1.807) is 18.2 Å². The molecule has 1 aliphatic heterocycles. The van der Waals surface area contributed by atoms with Gasteiger partial charge in [0, 0.05) is 5.92 Å². The fraction of sp³-hybridized carbons (Fsp3) is 0.438. The van der Waals surface area contributed by atoms with E-state index in [0.29, 0.717) is 11.3 Å². The molecule has 0 fully saturated rings. The van der Waals surface area contributed by atoms with E-state index in [0.717, 1.165) is 24.8 Å². The topological polar surface area (TPSA) is 63.2 Å². The summed E-state index contributed by atoms with van der Waals surface area (Å²) in [6.45, 7) is 0. The van der Waals surface area contributed by atoms with Crippen molar-refractivity contribution in [3.8, 4) is 0 Å². The number of hydrogen-bond donors (Lipinski definition) is 1. The fourth-order valence-corrected chi connectivity index (χ4v) is 4.68. The fourth-order valence-electron chi connectivity index (χ4n) is 3.06. The first-order valence-electron chi connectivity index (χ1n) is 7.35. The molecule has 1 aromatic rings. The van der Waals surface area contributed by atoms with Crippen LogP contribution in [0.25, 0.3) is 0 Å². The van der Waals surface area contributed by atoms with Gasteiger partial charge in [-0.25, -0.2) is 8.42 Å². The van der Waals surface area contributed by atoms with Crippen molar-refractivity contribution in [3.63, 3.8) is 0 Å². The Morgan fingerprint density at radius 2 is 1.95 bits per heavy atom. The predicted molar refractivity (Wildman–Crippen MR) is 80.5 cm³/mol. The van der Waals surface area contributed by atoms with Crippen LogP contribution in [0, 0.1) is 5.92 Å². The molecule has 1 N–H and O–H groups in total. The highest BCUT2D eigenvalue weighted by atomic mass is 32.2. The molecule has 0 saturated carbocycles. The average molecular weight is 305 g/mol. The Morgan fingerprint density at radius 1 is 1.14 bits per heavy atom. The number of sulfone groups is 1. The molecule has 0 bridgehead atoms. The van der Waals surface area contributed by atoms with Crippen LogP contribution >= 0.6 is 0 Å². The van der Waals surface area contributed by atoms with Crippen LogP contribution in [0.5, 0.6) is 0 Å². The summed E-state index contributed by atoms with van der Waals surface area (Å²) in [5.74, 6) is 0.152. The zero-order valence-electron chi connectivity index (χ0n) is 11.8. The maximum Gasteiger partial charge on any atom is 0.223 e. The van der Waals surface area contributed by atoms with Gasteiger partial charge < -0.3 is 5.32 Å². The Balaban J connectivity index is 1.81. The lowest BCUT2D eigenvalue weighted by atomic mass is 9.92. The minimum atomic E-state index is -3.20. The maximum atomic E-state index is 12.3. The number of rotatable bonds is 2. The van der Waals surface area contributed by atoms with E-state index in [1.807, 2.05) is 12.1 Å². The molecule has 1 heterocycles. The molecule has 0 spiro atoms. The van der Waals surface area contributed by atoms with Crippen molar-refractivity contribution in [2.75, 3.05) is 5.75 Å². The molecule has 0 aromatic heterocycles. The standard InChI is InChI=1S/C16H19NO3S/c18-16(12-6-2-1-3-7-12)17-14-10-11-21(19,20)15-9-5-4-8-13(14)15/h1-2,4-5,8-9,12,14H,3,6-7,10-11H2,(H,17,18)/t12-,14-/m0/s1. The summed E-state index contributed by atoms with van der Waals surface area (Å²) in [4.78, 5) is 12.7. The number of hydrogen-bond acceptors (Lipinski definition) is 3. The largest absolute Gasteiger partial charge is 0.349 e. The molecule has 1 amide bonds. The minimum absolute atomic E-state index is 0.0145. The first kappa shape index (κ1) is 14.3. The Kier molecular flexibility index (Phi) is 3.85. The molecule has 3 rings (SSSR count). The van der Waals surface area contributed by atoms with Crippen LogP contribution in [-0.2, 0) is 14.6 Å². The van der Waals surface area contributed by atoms with E-state index in [-0.39, 0.29) is 23.6 Å². The Hall–Kier alpha value is -1.62. The summed E-state index contributed by atoms with van der Waals surface area (Å²) in [6.07, 6.45) is 7.19. The maximum absolute atomic E-state index is 12.3. The minimum Gasteiger partial charge on any atom is -0.349 e. The van der Waals surface area contributed by atoms with Crippen molar-refractivity contribution < 1.29 is 13.2 Å². The van der Waals surface area contributed by atoms with Crippen LogP contribution in [0.4, 0.5) is 0 Å². The number of nitrogens with one attached hydrogen (secondary N) is 1. The average Bonchev–Trinajstić information content (AvgIpc) is 2.51. The lowest BCUT2D eigenvalue weighted by Gasteiger charge is -2.28. The lowest BCUT2D eigenvalue weighted by molar-refractivity contribution is -0.126. The number of fused-ring (bicyclic) bond motifs is 1. The van der Waals surface area contributed by atoms with E-state index in [2.05, 4.69) is 11.4 Å². The summed E-state index contributed by atoms with van der Waals surface area (Å²) in [7, 11) is -3.20. The number of amides is 1. The van der Waals surface area contributed by atoms with Gasteiger partial charge in [-0.2, -0.15) is 0 Å². The summed E-state index contributed by atoms with van der Waals surface area (Å²) in [5.41, 5.74) is 0.725. The van der Waals surface area contributed by atoms with Gasteiger partial charge in [-0.05, 0) is 37.3 Å². The predicted octanol–water partition coefficient (Wildman–Crippen LogP) is 2.38. The molecule has 0 unspecified atom stereocenters. The first-order chi connectivity index (χ1) is 10.1. The summed E-state index contributed by atoms with van der Waals surface area (Å²) in [5, 5.41) is 3.05. The van der Waals surface area contributed by atoms with Gasteiger partial charge in [0.1, 0.15) is 0 Å². The molecule has 2 atom stereocenters. The highest BCUT2D eigenvalue weighted by Gasteiger charge is 2.32. The van der Waals surface area contributed by atoms with Crippen molar-refractivity contribution >= 4 is 15.7 Å². The second-order valence-corrected chi connectivity index (χ2v) is 7.77. The molecule has 112 valence electrons. The normalized spacial score (nSPS) is 26.9. The van der Waals surface area contributed by atoms with Crippen LogP contribution < -0.4 is 5.32 Å². The van der Waals surface area contributed by atoms with Gasteiger partial charge in [-0.15, -0.1) is 0 Å². The monoisotopic (exact) mass is 305 g/mol. The Morgan fingerprint density at radius 3 is 2.71 bits per heavy atom. The zero-order valence-corrected chi connectivity index (χ0v) is 12.6. The lowest BCUT2D eigenvalue weighted by Crippen LogP contribution is -2.37. The summed E-state index contributed by atoms with van der Waals surface area (Å²) in [6, 6.07) is 6.79. The van der Waals surface area contributed by atoms with Crippen molar-refractivity contribution in [2.24, 2.45) is 5.92 Å². The van der Waals surface area contributed by atoms with E-state index in [1.165, 1.54) is 0 Å². The Bertz CT molecular complexity index is 679. The molecular formula is C16H19NO3S. The number of carbonyl (C=O) groups excluding carboxylic acids is 1. The highest BCUT2D eigenvalue weighted by molar-refractivity contribution is 7.91. The smallest absolute Gasteiger partial charge is 0.223 e. The molecule has 0 radical (unpaired) electrons. The molecule has 21 heavy (non-hydrogen) atoms. The van der Waals surface area contributed by atoms with Gasteiger partial charge in [-0.1, -0.05) is 30.4 Å². The van der Waals surface area contributed by atoms with Crippen LogP contribution in [0.1, 0.15) is 37.3 Å². The number of carbonyl (C=O) groups is 1. The van der Waals surface area contributed by atoms with Crippen LogP contribution in [-0.4, -0.2) is 20.1 Å². The second-order valence-electron chi connectivity index (χ2n) is 5.69. The summed E-state index contributed by atoms with van der Waals surface area (Å²) < 4.78 is 24.2. The van der Waals surface area contributed by atoms with Crippen molar-refractivity contribution in [2.45, 2.75) is 36.6 Å². The third-order valence-corrected chi connectivity index (χ3v) is 6.08. The van der Waals surface area contributed by atoms with Gasteiger partial charge in [0.25, 0.3) is 0 Å². The van der Waals surface area contributed by atoms with Crippen LogP contribution in [0.2, 0.25) is 0 Å². The number of allylic oxidation sites excluding steroid dienone is 2. The van der Waals surface area contributed by atoms with Gasteiger partial charge in [-0.3, -0.25) is 4.79 Å². The molecule has 2 aliphatic rings. The molecule has 4 nitrogen and oxygen atoms in total. The SMILES string of the molecule is O=C(N[C@H]1CCS(=O)(=O)c2ccccc21)[C@H]1CC=CCC1. The highest BCUT2D eigenvalue weighted by Crippen LogP contribution is 2.32. The van der Waals surface area contributed by atoms with Crippen molar-refractivity contribution in [3.05, 3.63) is 42.0 Å². The third-order valence-electron chi connectivity index (χ3n) is 4.26. The van der Waals surface area contributed by atoms with Crippen LogP contribution in [0.15, 0.2) is 41.3 Å². The molecule has 0 saturated heterocycles. The summed E-state index contributed by atoms with van der Waals surface area (Å²) >= 11 is 0. The van der Waals surface area contributed by atoms with Gasteiger partial charge in [0.15, 0.2) is 9.84 Å². The van der Waals surface area contributed by atoms with Gasteiger partial charge in [0.05, 0.1) is 16.7 Å². The van der Waals surface area contributed by atoms with Crippen molar-refractivity contribution in [1.29, 1.82) is 0 Å². The molecule has 1 aromatic carbocycles. The third kappa shape index (κ3) is 2.88. The quantitative estimate of drug-likeness (QED) is 0.853. The molecule has 1 aliphatic carbocycles. The number of benzene rings is 1. The van der Waals surface area contributed by atoms with E-state index in [9.17, 15) is 13.2 Å². The zero-order chi connectivity index (χ0) is 14.9. The van der Waals surface area contributed by atoms with E-state index in [4.69, 9.17) is 0 Å².